The summed E-state index contributed by atoms with van der Waals surface area (Å²) in [4.78, 5) is 42.0. The Bertz CT molecular complexity index is 678. The number of benzene rings is 1. The summed E-state index contributed by atoms with van der Waals surface area (Å²) in [6, 6.07) is 4.73. The lowest BCUT2D eigenvalue weighted by atomic mass is 10.1. The topological polar surface area (TPSA) is 102 Å². The Morgan fingerprint density at radius 2 is 1.88 bits per heavy atom. The van der Waals surface area contributed by atoms with Gasteiger partial charge in [-0.3, -0.25) is 14.5 Å². The van der Waals surface area contributed by atoms with Crippen molar-refractivity contribution in [3.05, 3.63) is 39.4 Å². The minimum atomic E-state index is -0.957. The van der Waals surface area contributed by atoms with E-state index in [9.17, 15) is 19.7 Å². The first-order valence-corrected chi connectivity index (χ1v) is 8.53. The number of carbonyl (C=O) groups is 2. The molecule has 0 saturated carbocycles. The predicted octanol–water partition coefficient (Wildman–Crippen LogP) is 1.60. The average molecular weight is 365 g/mol. The summed E-state index contributed by atoms with van der Waals surface area (Å²) in [7, 11) is 2.02. The molecular formula is C17H23N3O6. The summed E-state index contributed by atoms with van der Waals surface area (Å²) in [5.74, 6) is -0.470. The van der Waals surface area contributed by atoms with Gasteiger partial charge in [0.05, 0.1) is 17.7 Å². The van der Waals surface area contributed by atoms with Crippen LogP contribution in [0.15, 0.2) is 18.2 Å². The molecule has 9 heteroatoms. The Morgan fingerprint density at radius 3 is 2.58 bits per heavy atom. The van der Waals surface area contributed by atoms with Gasteiger partial charge in [0, 0.05) is 6.54 Å². The molecule has 0 aromatic heterocycles. The van der Waals surface area contributed by atoms with Crippen molar-refractivity contribution in [3.63, 3.8) is 0 Å². The molecule has 0 saturated heterocycles. The molecule has 0 spiro atoms. The van der Waals surface area contributed by atoms with Crippen LogP contribution in [0.5, 0.6) is 5.75 Å². The normalized spacial score (nSPS) is 13.3. The first-order chi connectivity index (χ1) is 12.4. The fraction of sp³-hybridized carbons (Fsp3) is 0.529. The van der Waals surface area contributed by atoms with Gasteiger partial charge in [0.1, 0.15) is 19.0 Å². The van der Waals surface area contributed by atoms with E-state index in [1.165, 1.54) is 6.07 Å². The summed E-state index contributed by atoms with van der Waals surface area (Å²) in [6.07, 6.45) is 2.26. The van der Waals surface area contributed by atoms with E-state index < -0.39 is 16.9 Å². The molecule has 26 heavy (non-hydrogen) atoms. The van der Waals surface area contributed by atoms with Crippen LogP contribution < -0.4 is 4.74 Å². The highest BCUT2D eigenvalue weighted by Crippen LogP contribution is 2.26. The van der Waals surface area contributed by atoms with E-state index in [1.807, 2.05) is 7.05 Å². The first-order valence-electron chi connectivity index (χ1n) is 8.53. The SMILES string of the molecule is CCCCN(C)CCOc1ccc2c(c1)C(=O)N(CCO[N+](=O)[O-])C2=O. The molecule has 1 aromatic rings. The summed E-state index contributed by atoms with van der Waals surface area (Å²) in [5, 5.41) is 9.22. The van der Waals surface area contributed by atoms with Gasteiger partial charge in [-0.25, -0.2) is 0 Å². The number of hydrogen-bond acceptors (Lipinski definition) is 7. The Balaban J connectivity index is 1.93. The largest absolute Gasteiger partial charge is 0.492 e. The van der Waals surface area contributed by atoms with Crippen molar-refractivity contribution < 1.29 is 24.3 Å². The van der Waals surface area contributed by atoms with Gasteiger partial charge in [-0.05, 0) is 38.2 Å². The maximum Gasteiger partial charge on any atom is 0.294 e. The summed E-state index contributed by atoms with van der Waals surface area (Å²) in [5.41, 5.74) is 0.511. The molecule has 1 aliphatic rings. The Labute approximate surface area is 151 Å². The average Bonchev–Trinajstić information content (AvgIpc) is 2.84. The van der Waals surface area contributed by atoms with Crippen molar-refractivity contribution >= 4 is 11.8 Å². The van der Waals surface area contributed by atoms with Crippen LogP contribution in [0.25, 0.3) is 0 Å². The van der Waals surface area contributed by atoms with Gasteiger partial charge in [0.25, 0.3) is 16.9 Å². The minimum Gasteiger partial charge on any atom is -0.492 e. The van der Waals surface area contributed by atoms with Gasteiger partial charge in [0.2, 0.25) is 0 Å². The van der Waals surface area contributed by atoms with Crippen LogP contribution in [0, 0.1) is 10.1 Å². The molecular weight excluding hydrogens is 342 g/mol. The molecule has 9 nitrogen and oxygen atoms in total. The fourth-order valence-corrected chi connectivity index (χ4v) is 2.63. The molecule has 1 aromatic carbocycles. The third-order valence-electron chi connectivity index (χ3n) is 4.09. The number of imide groups is 1. The first kappa shape index (κ1) is 19.6. The van der Waals surface area contributed by atoms with Gasteiger partial charge in [0.15, 0.2) is 0 Å². The maximum absolute atomic E-state index is 12.4. The zero-order chi connectivity index (χ0) is 19.1. The number of amides is 2. The van der Waals surface area contributed by atoms with Gasteiger partial charge in [-0.15, -0.1) is 10.1 Å². The zero-order valence-corrected chi connectivity index (χ0v) is 15.0. The molecule has 0 fully saturated rings. The third-order valence-corrected chi connectivity index (χ3v) is 4.09. The molecule has 0 bridgehead atoms. The van der Waals surface area contributed by atoms with Gasteiger partial charge in [-0.1, -0.05) is 13.3 Å². The molecule has 2 rings (SSSR count). The number of ether oxygens (including phenoxy) is 1. The number of likely N-dealkylation sites (N-methyl/N-ethyl adjacent to an activating group) is 1. The van der Waals surface area contributed by atoms with Gasteiger partial charge >= 0.3 is 0 Å². The second-order valence-electron chi connectivity index (χ2n) is 6.03. The van der Waals surface area contributed by atoms with Gasteiger partial charge in [-0.2, -0.15) is 0 Å². The van der Waals surface area contributed by atoms with E-state index in [0.29, 0.717) is 12.4 Å². The predicted molar refractivity (Wildman–Crippen MR) is 92.7 cm³/mol. The summed E-state index contributed by atoms with van der Waals surface area (Å²) < 4.78 is 5.68. The maximum atomic E-state index is 12.4. The van der Waals surface area contributed by atoms with Crippen LogP contribution >= 0.6 is 0 Å². The van der Waals surface area contributed by atoms with E-state index in [1.54, 1.807) is 12.1 Å². The van der Waals surface area contributed by atoms with Crippen molar-refractivity contribution in [1.82, 2.24) is 9.80 Å². The number of nitrogens with zero attached hydrogens (tertiary/aromatic N) is 3. The number of fused-ring (bicyclic) bond motifs is 1. The molecule has 2 amide bonds. The molecule has 0 radical (unpaired) electrons. The van der Waals surface area contributed by atoms with Crippen LogP contribution in [0.3, 0.4) is 0 Å². The number of carbonyl (C=O) groups excluding carboxylic acids is 2. The quantitative estimate of drug-likeness (QED) is 0.333. The van der Waals surface area contributed by atoms with Crippen LogP contribution in [-0.4, -0.2) is 66.6 Å². The second-order valence-corrected chi connectivity index (χ2v) is 6.03. The number of unbranched alkanes of at least 4 members (excludes halogenated alkanes) is 1. The Kier molecular flexibility index (Phi) is 6.90. The molecule has 0 unspecified atom stereocenters. The van der Waals surface area contributed by atoms with Crippen molar-refractivity contribution in [2.75, 3.05) is 39.9 Å². The van der Waals surface area contributed by atoms with Crippen LogP contribution in [-0.2, 0) is 4.84 Å². The summed E-state index contributed by atoms with van der Waals surface area (Å²) >= 11 is 0. The lowest BCUT2D eigenvalue weighted by Crippen LogP contribution is -2.33. The van der Waals surface area contributed by atoms with E-state index >= 15 is 0 Å². The van der Waals surface area contributed by atoms with Crippen molar-refractivity contribution in [3.8, 4) is 5.75 Å². The summed E-state index contributed by atoms with van der Waals surface area (Å²) in [6.45, 7) is 3.84. The number of hydrogen-bond donors (Lipinski definition) is 0. The molecule has 0 aliphatic carbocycles. The molecule has 0 atom stereocenters. The highest BCUT2D eigenvalue weighted by atomic mass is 16.9. The molecule has 1 heterocycles. The second kappa shape index (κ2) is 9.14. The van der Waals surface area contributed by atoms with Crippen LogP contribution in [0.2, 0.25) is 0 Å². The lowest BCUT2D eigenvalue weighted by molar-refractivity contribution is -0.757. The molecule has 0 N–H and O–H groups in total. The third kappa shape index (κ3) is 4.92. The van der Waals surface area contributed by atoms with Crippen LogP contribution in [0.4, 0.5) is 0 Å². The van der Waals surface area contributed by atoms with Crippen molar-refractivity contribution in [1.29, 1.82) is 0 Å². The molecule has 1 aliphatic heterocycles. The lowest BCUT2D eigenvalue weighted by Gasteiger charge is -2.16. The van der Waals surface area contributed by atoms with E-state index in [4.69, 9.17) is 4.74 Å². The number of rotatable bonds is 11. The van der Waals surface area contributed by atoms with Gasteiger partial charge < -0.3 is 14.5 Å². The zero-order valence-electron chi connectivity index (χ0n) is 15.0. The highest BCUT2D eigenvalue weighted by molar-refractivity contribution is 6.21. The van der Waals surface area contributed by atoms with E-state index in [2.05, 4.69) is 16.7 Å². The highest BCUT2D eigenvalue weighted by Gasteiger charge is 2.35. The Morgan fingerprint density at radius 1 is 1.15 bits per heavy atom. The van der Waals surface area contributed by atoms with E-state index in [0.717, 1.165) is 30.8 Å². The standard InChI is InChI=1S/C17H23N3O6/c1-3-4-7-18(2)8-10-25-13-5-6-14-15(12-13)17(22)19(16(14)21)9-11-26-20(23)24/h5-6,12H,3-4,7-11H2,1-2H3. The van der Waals surface area contributed by atoms with Crippen LogP contribution in [0.1, 0.15) is 40.5 Å². The van der Waals surface area contributed by atoms with Crippen molar-refractivity contribution in [2.45, 2.75) is 19.8 Å². The Hall–Kier alpha value is -2.68. The van der Waals surface area contributed by atoms with E-state index in [-0.39, 0.29) is 24.3 Å². The molecule has 142 valence electrons. The fourth-order valence-electron chi connectivity index (χ4n) is 2.63. The monoisotopic (exact) mass is 365 g/mol. The van der Waals surface area contributed by atoms with Crippen molar-refractivity contribution in [2.24, 2.45) is 0 Å². The smallest absolute Gasteiger partial charge is 0.294 e. The minimum absolute atomic E-state index is 0.175.